The maximum absolute atomic E-state index is 12.0. The molecule has 1 aromatic carbocycles. The number of carboxylic acid groups (broad SMARTS) is 1. The van der Waals surface area contributed by atoms with Gasteiger partial charge in [0.25, 0.3) is 0 Å². The highest BCUT2D eigenvalue weighted by atomic mass is 79.9. The van der Waals surface area contributed by atoms with Crippen LogP contribution in [0.5, 0.6) is 11.5 Å². The molecule has 0 amide bonds. The van der Waals surface area contributed by atoms with Gasteiger partial charge < -0.3 is 23.8 Å². The topological polar surface area (TPSA) is 116 Å². The summed E-state index contributed by atoms with van der Waals surface area (Å²) in [6, 6.07) is 5.85. The zero-order valence-corrected chi connectivity index (χ0v) is 22.9. The predicted octanol–water partition coefficient (Wildman–Crippen LogP) is 3.74. The number of carbonyl (C=O) groups excluding carboxylic acids is 3. The third-order valence-electron chi connectivity index (χ3n) is 6.45. The molecule has 0 radical (unpaired) electrons. The fourth-order valence-corrected chi connectivity index (χ4v) is 5.02. The van der Waals surface area contributed by atoms with E-state index in [-0.39, 0.29) is 64.4 Å². The molecule has 2 aliphatic heterocycles. The van der Waals surface area contributed by atoms with Crippen molar-refractivity contribution in [3.05, 3.63) is 23.8 Å². The van der Waals surface area contributed by atoms with E-state index in [1.807, 2.05) is 6.07 Å². The van der Waals surface area contributed by atoms with E-state index in [1.54, 1.807) is 12.1 Å². The molecule has 2 bridgehead atoms. The van der Waals surface area contributed by atoms with Crippen molar-refractivity contribution in [3.63, 3.8) is 0 Å². The Kier molecular flexibility index (Phi) is 11.2. The molecule has 2 unspecified atom stereocenters. The third-order valence-corrected chi connectivity index (χ3v) is 6.45. The summed E-state index contributed by atoms with van der Waals surface area (Å²) in [6.45, 7) is 3.28. The number of hydrogen-bond acceptors (Lipinski definition) is 7. The number of benzene rings is 1. The number of rotatable bonds is 8. The average molecular weight is 610 g/mol. The monoisotopic (exact) mass is 608 g/mol. The average Bonchev–Trinajstić information content (AvgIpc) is 2.85. The van der Waals surface area contributed by atoms with Gasteiger partial charge in [0.2, 0.25) is 0 Å². The highest BCUT2D eigenvalue weighted by molar-refractivity contribution is 8.93. The lowest BCUT2D eigenvalue weighted by molar-refractivity contribution is -0.961. The molecule has 0 saturated carbocycles. The van der Waals surface area contributed by atoms with E-state index in [0.29, 0.717) is 18.6 Å². The van der Waals surface area contributed by atoms with Crippen LogP contribution in [0.3, 0.4) is 0 Å². The van der Waals surface area contributed by atoms with Crippen LogP contribution in [0.2, 0.25) is 0 Å². The van der Waals surface area contributed by atoms with Crippen molar-refractivity contribution >= 4 is 57.8 Å². The molecule has 2 aliphatic rings. The molecule has 2 saturated heterocycles. The highest BCUT2D eigenvalue weighted by Crippen LogP contribution is 2.44. The first kappa shape index (κ1) is 30.1. The minimum absolute atomic E-state index is 0. The smallest absolute Gasteiger partial charge is 0.308 e. The van der Waals surface area contributed by atoms with Gasteiger partial charge >= 0.3 is 23.9 Å². The number of hydrogen-bond donors (Lipinski definition) is 1. The van der Waals surface area contributed by atoms with E-state index >= 15 is 0 Å². The molecule has 0 aliphatic carbocycles. The van der Waals surface area contributed by atoms with Crippen LogP contribution in [0.1, 0.15) is 57.9 Å². The van der Waals surface area contributed by atoms with Gasteiger partial charge in [-0.3, -0.25) is 19.2 Å². The van der Waals surface area contributed by atoms with Crippen LogP contribution in [0.25, 0.3) is 0 Å². The molecule has 0 spiro atoms. The summed E-state index contributed by atoms with van der Waals surface area (Å²) < 4.78 is 16.8. The molecule has 11 heteroatoms. The van der Waals surface area contributed by atoms with Crippen molar-refractivity contribution in [2.75, 3.05) is 7.05 Å². The minimum Gasteiger partial charge on any atom is -0.481 e. The maximum Gasteiger partial charge on any atom is 0.308 e. The van der Waals surface area contributed by atoms with Gasteiger partial charge in [-0.25, -0.2) is 0 Å². The molecule has 190 valence electrons. The van der Waals surface area contributed by atoms with E-state index in [4.69, 9.17) is 19.3 Å². The van der Waals surface area contributed by atoms with Crippen LogP contribution in [-0.4, -0.2) is 58.7 Å². The summed E-state index contributed by atoms with van der Waals surface area (Å²) in [4.78, 5) is 45.5. The second-order valence-corrected chi connectivity index (χ2v) is 8.84. The standard InChI is InChI=1S/C23H29NO8.2BrH/c1-14(25)30-20-7-4-16(10-21(20)31-15(2)26)13-24(3)17-5-6-18(24)12-19(11-17)32-23(29)9-8-22(27)28;;/h4,7,10,17-19H,5-6,8-9,11-13H2,1-3H3;2*1H/p+1. The van der Waals surface area contributed by atoms with Gasteiger partial charge in [0.15, 0.2) is 11.5 Å². The van der Waals surface area contributed by atoms with E-state index in [9.17, 15) is 19.2 Å². The second kappa shape index (κ2) is 12.6. The van der Waals surface area contributed by atoms with Crippen molar-refractivity contribution in [2.24, 2.45) is 0 Å². The Hall–Kier alpha value is -1.98. The molecular weight excluding hydrogens is 578 g/mol. The van der Waals surface area contributed by atoms with Crippen molar-refractivity contribution < 1.29 is 43.0 Å². The van der Waals surface area contributed by atoms with Crippen molar-refractivity contribution in [2.45, 2.75) is 77.1 Å². The zero-order valence-electron chi connectivity index (χ0n) is 19.5. The van der Waals surface area contributed by atoms with Crippen LogP contribution in [0.15, 0.2) is 18.2 Å². The first-order chi connectivity index (χ1) is 15.1. The first-order valence-corrected chi connectivity index (χ1v) is 10.8. The lowest BCUT2D eigenvalue weighted by Crippen LogP contribution is -2.58. The summed E-state index contributed by atoms with van der Waals surface area (Å²) >= 11 is 0. The number of halogens is 2. The van der Waals surface area contributed by atoms with E-state index in [1.165, 1.54) is 13.8 Å². The Bertz CT molecular complexity index is 908. The fourth-order valence-electron chi connectivity index (χ4n) is 5.02. The van der Waals surface area contributed by atoms with Crippen LogP contribution in [-0.2, 0) is 30.5 Å². The molecule has 34 heavy (non-hydrogen) atoms. The number of piperidine rings is 1. The van der Waals surface area contributed by atoms with Crippen molar-refractivity contribution in [1.82, 2.24) is 0 Å². The second-order valence-electron chi connectivity index (χ2n) is 8.84. The fraction of sp³-hybridized carbons (Fsp3) is 0.565. The lowest BCUT2D eigenvalue weighted by Gasteiger charge is -2.47. The Balaban J connectivity index is 0.00000289. The first-order valence-electron chi connectivity index (χ1n) is 10.8. The van der Waals surface area contributed by atoms with E-state index in [0.717, 1.165) is 35.7 Å². The molecule has 2 atom stereocenters. The van der Waals surface area contributed by atoms with Gasteiger partial charge in [-0.2, -0.15) is 0 Å². The molecule has 2 heterocycles. The molecule has 1 aromatic rings. The normalized spacial score (nSPS) is 24.7. The van der Waals surface area contributed by atoms with Gasteiger partial charge in [0.1, 0.15) is 12.6 Å². The summed E-state index contributed by atoms with van der Waals surface area (Å²) in [5.74, 6) is -2.05. The van der Waals surface area contributed by atoms with E-state index < -0.39 is 23.9 Å². The number of carboxylic acids is 1. The molecule has 9 nitrogen and oxygen atoms in total. The van der Waals surface area contributed by atoms with Gasteiger partial charge in [0.05, 0.1) is 32.0 Å². The molecule has 0 aromatic heterocycles. The van der Waals surface area contributed by atoms with E-state index in [2.05, 4.69) is 7.05 Å². The number of ether oxygens (including phenoxy) is 3. The highest BCUT2D eigenvalue weighted by Gasteiger charge is 2.52. The molecule has 1 N–H and O–H groups in total. The summed E-state index contributed by atoms with van der Waals surface area (Å²) in [5, 5.41) is 8.74. The Morgan fingerprint density at radius 1 is 0.941 bits per heavy atom. The summed E-state index contributed by atoms with van der Waals surface area (Å²) in [5.41, 5.74) is 0.952. The molecular formula is C23H32Br2NO8+. The maximum atomic E-state index is 12.0. The number of carbonyl (C=O) groups is 4. The van der Waals surface area contributed by atoms with Crippen LogP contribution in [0.4, 0.5) is 0 Å². The third kappa shape index (κ3) is 7.51. The molecule has 3 rings (SSSR count). The van der Waals surface area contributed by atoms with Gasteiger partial charge in [-0.1, -0.05) is 0 Å². The van der Waals surface area contributed by atoms with Crippen LogP contribution < -0.4 is 9.47 Å². The summed E-state index contributed by atoms with van der Waals surface area (Å²) in [7, 11) is 2.19. The largest absolute Gasteiger partial charge is 0.481 e. The number of fused-ring (bicyclic) bond motifs is 2. The molecule has 2 fully saturated rings. The number of nitrogens with zero attached hydrogens (tertiary/aromatic N) is 1. The van der Waals surface area contributed by atoms with Gasteiger partial charge in [0, 0.05) is 45.1 Å². The Morgan fingerprint density at radius 3 is 2.03 bits per heavy atom. The van der Waals surface area contributed by atoms with Crippen molar-refractivity contribution in [1.29, 1.82) is 0 Å². The quantitative estimate of drug-likeness (QED) is 0.269. The Labute approximate surface area is 219 Å². The van der Waals surface area contributed by atoms with Crippen LogP contribution >= 0.6 is 34.0 Å². The minimum atomic E-state index is -1.01. The van der Waals surface area contributed by atoms with Crippen LogP contribution in [0, 0.1) is 0 Å². The van der Waals surface area contributed by atoms with Crippen molar-refractivity contribution in [3.8, 4) is 11.5 Å². The zero-order chi connectivity index (χ0) is 23.5. The van der Waals surface area contributed by atoms with Gasteiger partial charge in [-0.15, -0.1) is 34.0 Å². The van der Waals surface area contributed by atoms with Gasteiger partial charge in [-0.05, 0) is 18.2 Å². The number of esters is 3. The summed E-state index contributed by atoms with van der Waals surface area (Å²) in [6.07, 6.45) is 2.98. The Morgan fingerprint density at radius 2 is 1.50 bits per heavy atom. The SMILES string of the molecule is Br.Br.CC(=O)Oc1ccc(C[N+]2(C)C3CCC2CC(OC(=O)CCC(=O)O)C3)cc1OC(C)=O. The predicted molar refractivity (Wildman–Crippen MR) is 132 cm³/mol. The number of quaternary nitrogens is 1. The lowest BCUT2D eigenvalue weighted by atomic mass is 9.95. The number of aliphatic carboxylic acids is 1.